The van der Waals surface area contributed by atoms with Crippen LogP contribution in [0.4, 0.5) is 5.69 Å². The maximum absolute atomic E-state index is 12.9. The predicted molar refractivity (Wildman–Crippen MR) is 116 cm³/mol. The minimum Gasteiger partial charge on any atom is -0.490 e. The summed E-state index contributed by atoms with van der Waals surface area (Å²) in [5.41, 5.74) is 1.39. The average molecular weight is 441 g/mol. The van der Waals surface area contributed by atoms with Crippen molar-refractivity contribution >= 4 is 15.7 Å². The van der Waals surface area contributed by atoms with Crippen LogP contribution in [0.5, 0.6) is 11.5 Å². The van der Waals surface area contributed by atoms with Crippen molar-refractivity contribution in [3.8, 4) is 22.9 Å². The van der Waals surface area contributed by atoms with E-state index in [-0.39, 0.29) is 4.90 Å². The van der Waals surface area contributed by atoms with E-state index in [9.17, 15) is 8.42 Å². The van der Waals surface area contributed by atoms with Crippen LogP contribution < -0.4 is 14.2 Å². The minimum absolute atomic E-state index is 0.128. The van der Waals surface area contributed by atoms with Crippen molar-refractivity contribution in [2.75, 3.05) is 17.9 Å². The first kappa shape index (κ1) is 19.9. The van der Waals surface area contributed by atoms with E-state index in [2.05, 4.69) is 19.5 Å². The molecule has 0 saturated carbocycles. The summed E-state index contributed by atoms with van der Waals surface area (Å²) in [6, 6.07) is 11.9. The molecular weight excluding hydrogens is 416 g/mol. The van der Waals surface area contributed by atoms with Crippen LogP contribution in [0.15, 0.2) is 47.4 Å². The van der Waals surface area contributed by atoms with Crippen LogP contribution >= 0.6 is 0 Å². The number of hydrogen-bond donors (Lipinski definition) is 1. The molecule has 0 saturated heterocycles. The van der Waals surface area contributed by atoms with Crippen LogP contribution in [0.3, 0.4) is 0 Å². The molecule has 2 aliphatic rings. The van der Waals surface area contributed by atoms with Crippen molar-refractivity contribution in [1.29, 1.82) is 0 Å². The van der Waals surface area contributed by atoms with E-state index < -0.39 is 10.0 Å². The Kier molecular flexibility index (Phi) is 5.27. The van der Waals surface area contributed by atoms with Crippen molar-refractivity contribution in [1.82, 2.24) is 14.8 Å². The molecule has 0 bridgehead atoms. The van der Waals surface area contributed by atoms with Crippen molar-refractivity contribution in [2.24, 2.45) is 0 Å². The van der Waals surface area contributed by atoms with Crippen LogP contribution in [-0.4, -0.2) is 36.4 Å². The highest BCUT2D eigenvalue weighted by atomic mass is 32.2. The number of aryl methyl sites for hydroxylation is 1. The number of aromatic nitrogens is 3. The highest BCUT2D eigenvalue weighted by Crippen LogP contribution is 2.32. The molecule has 8 nitrogen and oxygen atoms in total. The third-order valence-electron chi connectivity index (χ3n) is 5.53. The van der Waals surface area contributed by atoms with Crippen molar-refractivity contribution in [3.05, 3.63) is 48.3 Å². The number of benzene rings is 2. The fourth-order valence-corrected chi connectivity index (χ4v) is 4.98. The molecule has 162 valence electrons. The van der Waals surface area contributed by atoms with Gasteiger partial charge in [-0.1, -0.05) is 6.42 Å². The molecule has 3 aromatic rings. The minimum atomic E-state index is -3.76. The Labute approximate surface area is 181 Å². The molecular formula is C22H24N4O4S. The van der Waals surface area contributed by atoms with E-state index in [4.69, 9.17) is 9.47 Å². The second-order valence-electron chi connectivity index (χ2n) is 7.74. The molecule has 3 heterocycles. The lowest BCUT2D eigenvalue weighted by molar-refractivity contribution is 0.297. The molecule has 0 spiro atoms. The molecule has 5 rings (SSSR count). The van der Waals surface area contributed by atoms with E-state index in [1.165, 1.54) is 18.6 Å². The van der Waals surface area contributed by atoms with E-state index in [1.807, 2.05) is 12.1 Å². The van der Waals surface area contributed by atoms with Crippen molar-refractivity contribution in [3.63, 3.8) is 0 Å². The molecule has 1 aromatic heterocycles. The van der Waals surface area contributed by atoms with Gasteiger partial charge in [0.25, 0.3) is 10.0 Å². The molecule has 1 N–H and O–H groups in total. The highest BCUT2D eigenvalue weighted by molar-refractivity contribution is 7.92. The van der Waals surface area contributed by atoms with Gasteiger partial charge in [-0.3, -0.25) is 4.72 Å². The normalized spacial score (nSPS) is 16.1. The second-order valence-corrected chi connectivity index (χ2v) is 9.43. The maximum atomic E-state index is 12.9. The Balaban J connectivity index is 1.36. The van der Waals surface area contributed by atoms with E-state index in [0.29, 0.717) is 30.4 Å². The quantitative estimate of drug-likeness (QED) is 0.666. The zero-order valence-corrected chi connectivity index (χ0v) is 17.9. The summed E-state index contributed by atoms with van der Waals surface area (Å²) in [7, 11) is -3.76. The molecule has 0 unspecified atom stereocenters. The summed E-state index contributed by atoms with van der Waals surface area (Å²) in [5, 5.41) is 8.69. The van der Waals surface area contributed by atoms with Crippen LogP contribution in [0.1, 0.15) is 31.5 Å². The maximum Gasteiger partial charge on any atom is 0.262 e. The lowest BCUT2D eigenvalue weighted by Crippen LogP contribution is -2.13. The highest BCUT2D eigenvalue weighted by Gasteiger charge is 2.20. The van der Waals surface area contributed by atoms with E-state index in [0.717, 1.165) is 49.4 Å². The Hall–Kier alpha value is -3.07. The van der Waals surface area contributed by atoms with E-state index in [1.54, 1.807) is 18.2 Å². The van der Waals surface area contributed by atoms with Gasteiger partial charge in [-0.05, 0) is 49.2 Å². The number of fused-ring (bicyclic) bond motifs is 2. The lowest BCUT2D eigenvalue weighted by Gasteiger charge is -2.12. The number of rotatable bonds is 4. The van der Waals surface area contributed by atoms with Gasteiger partial charge in [0.05, 0.1) is 18.1 Å². The van der Waals surface area contributed by atoms with Gasteiger partial charge in [0.15, 0.2) is 17.3 Å². The second kappa shape index (κ2) is 8.22. The van der Waals surface area contributed by atoms with Crippen molar-refractivity contribution < 1.29 is 17.9 Å². The number of nitrogens with zero attached hydrogens (tertiary/aromatic N) is 3. The number of ether oxygens (including phenoxy) is 2. The third kappa shape index (κ3) is 4.10. The molecule has 0 atom stereocenters. The monoisotopic (exact) mass is 440 g/mol. The number of hydrogen-bond acceptors (Lipinski definition) is 6. The summed E-state index contributed by atoms with van der Waals surface area (Å²) in [6.07, 6.45) is 5.16. The van der Waals surface area contributed by atoms with Gasteiger partial charge in [0.2, 0.25) is 0 Å². The van der Waals surface area contributed by atoms with Gasteiger partial charge in [-0.15, -0.1) is 10.2 Å². The topological polar surface area (TPSA) is 95.3 Å². The van der Waals surface area contributed by atoms with Crippen molar-refractivity contribution in [2.45, 2.75) is 43.5 Å². The van der Waals surface area contributed by atoms with Gasteiger partial charge >= 0.3 is 0 Å². The van der Waals surface area contributed by atoms with Crippen LogP contribution in [0.25, 0.3) is 11.4 Å². The zero-order chi connectivity index (χ0) is 21.3. The molecule has 2 aliphatic heterocycles. The smallest absolute Gasteiger partial charge is 0.262 e. The fraction of sp³-hybridized carbons (Fsp3) is 0.364. The predicted octanol–water partition coefficient (Wildman–Crippen LogP) is 3.63. The van der Waals surface area contributed by atoms with Gasteiger partial charge in [0, 0.05) is 36.7 Å². The largest absolute Gasteiger partial charge is 0.490 e. The Morgan fingerprint density at radius 3 is 2.52 bits per heavy atom. The molecule has 0 amide bonds. The molecule has 9 heteroatoms. The van der Waals surface area contributed by atoms with Gasteiger partial charge < -0.3 is 14.0 Å². The SMILES string of the molecule is O=S(=O)(Nc1ccc(-c2nnc3n2CCCCC3)cc1)c1ccc2c(c1)OCCCO2. The number of sulfonamides is 1. The summed E-state index contributed by atoms with van der Waals surface area (Å²) in [6.45, 7) is 1.97. The summed E-state index contributed by atoms with van der Waals surface area (Å²) in [5.74, 6) is 2.86. The molecule has 31 heavy (non-hydrogen) atoms. The molecule has 0 radical (unpaired) electrons. The summed E-state index contributed by atoms with van der Waals surface area (Å²) < 4.78 is 41.8. The zero-order valence-electron chi connectivity index (χ0n) is 17.1. The van der Waals surface area contributed by atoms with Gasteiger partial charge in [-0.2, -0.15) is 0 Å². The Bertz CT molecular complexity index is 1190. The molecule has 0 fully saturated rings. The van der Waals surface area contributed by atoms with Gasteiger partial charge in [-0.25, -0.2) is 8.42 Å². The fourth-order valence-electron chi connectivity index (χ4n) is 3.91. The molecule has 0 aliphatic carbocycles. The standard InChI is InChI=1S/C22H24N4O4S/c27-31(28,18-10-11-19-20(15-18)30-14-4-13-29-19)25-17-8-6-16(7-9-17)22-24-23-21-5-2-1-3-12-26(21)22/h6-11,15,25H,1-5,12-14H2. The summed E-state index contributed by atoms with van der Waals surface area (Å²) >= 11 is 0. The molecule has 2 aromatic carbocycles. The Morgan fingerprint density at radius 1 is 0.871 bits per heavy atom. The third-order valence-corrected chi connectivity index (χ3v) is 6.91. The number of nitrogens with one attached hydrogen (secondary N) is 1. The number of anilines is 1. The van der Waals surface area contributed by atoms with Crippen LogP contribution in [0, 0.1) is 0 Å². The Morgan fingerprint density at radius 2 is 1.68 bits per heavy atom. The first-order valence-electron chi connectivity index (χ1n) is 10.6. The summed E-state index contributed by atoms with van der Waals surface area (Å²) in [4.78, 5) is 0.128. The first-order chi connectivity index (χ1) is 15.1. The lowest BCUT2D eigenvalue weighted by atomic mass is 10.2. The average Bonchev–Trinajstić information content (AvgIpc) is 2.94. The van der Waals surface area contributed by atoms with E-state index >= 15 is 0 Å². The van der Waals surface area contributed by atoms with Crippen LogP contribution in [-0.2, 0) is 23.0 Å². The van der Waals surface area contributed by atoms with Gasteiger partial charge in [0.1, 0.15) is 5.82 Å². The first-order valence-corrected chi connectivity index (χ1v) is 12.0. The van der Waals surface area contributed by atoms with Crippen LogP contribution in [0.2, 0.25) is 0 Å².